The molecule has 8 nitrogen and oxygen atoms in total. The number of rotatable bonds is 14. The Kier molecular flexibility index (Phi) is 12.0. The second kappa shape index (κ2) is 16.7. The van der Waals surface area contributed by atoms with Crippen molar-refractivity contribution < 1.29 is 19.2 Å². The van der Waals surface area contributed by atoms with Gasteiger partial charge in [0.25, 0.3) is 11.8 Å². The highest BCUT2D eigenvalue weighted by Gasteiger charge is 2.41. The molecule has 4 aromatic carbocycles. The fourth-order valence-electron chi connectivity index (χ4n) is 5.90. The lowest BCUT2D eigenvalue weighted by atomic mass is 10.1. The molecular weight excluding hydrogens is 705 g/mol. The minimum absolute atomic E-state index is 0.0459. The number of hydrogen-bond acceptors (Lipinski definition) is 8. The molecule has 2 heterocycles. The zero-order chi connectivity index (χ0) is 35.0. The molecule has 0 aromatic heterocycles. The largest absolute Gasteiger partial charge is 0.326 e. The number of amides is 4. The molecule has 12 heteroatoms. The predicted octanol–water partition coefficient (Wildman–Crippen LogP) is 8.62. The summed E-state index contributed by atoms with van der Waals surface area (Å²) in [6.45, 7) is 0.852. The number of hydrogen-bond donors (Lipinski definition) is 2. The van der Waals surface area contributed by atoms with Crippen molar-refractivity contribution in [1.82, 2.24) is 9.80 Å². The number of thioether (sulfide) groups is 2. The summed E-state index contributed by atoms with van der Waals surface area (Å²) in [5.41, 5.74) is 1.55. The van der Waals surface area contributed by atoms with Crippen LogP contribution in [0.25, 0.3) is 21.5 Å². The first-order valence-electron chi connectivity index (χ1n) is 16.7. The van der Waals surface area contributed by atoms with Gasteiger partial charge in [-0.25, -0.2) is 0 Å². The average Bonchev–Trinajstić information content (AvgIpc) is 3.55. The lowest BCUT2D eigenvalue weighted by Crippen LogP contribution is -2.31. The monoisotopic (exact) mass is 740 g/mol. The second-order valence-corrected chi connectivity index (χ2v) is 15.4. The van der Waals surface area contributed by atoms with Gasteiger partial charge >= 0.3 is 0 Å². The van der Waals surface area contributed by atoms with E-state index in [9.17, 15) is 19.2 Å². The highest BCUT2D eigenvalue weighted by atomic mass is 32.2. The van der Waals surface area contributed by atoms with Crippen molar-refractivity contribution >= 4 is 113 Å². The number of unbranched alkanes of at least 4 members (excludes halogenated alkanes) is 4. The molecule has 0 spiro atoms. The van der Waals surface area contributed by atoms with Gasteiger partial charge in [-0.2, -0.15) is 0 Å². The van der Waals surface area contributed by atoms with Crippen LogP contribution >= 0.6 is 48.0 Å². The zero-order valence-corrected chi connectivity index (χ0v) is 30.6. The Morgan fingerprint density at radius 3 is 1.36 bits per heavy atom. The molecule has 2 saturated heterocycles. The molecule has 2 aliphatic rings. The van der Waals surface area contributed by atoms with Gasteiger partial charge in [0, 0.05) is 37.3 Å². The number of benzene rings is 4. The van der Waals surface area contributed by atoms with E-state index >= 15 is 0 Å². The molecule has 0 saturated carbocycles. The van der Waals surface area contributed by atoms with Gasteiger partial charge in [0.2, 0.25) is 11.8 Å². The first-order chi connectivity index (χ1) is 24.3. The van der Waals surface area contributed by atoms with Crippen LogP contribution in [0.15, 0.2) is 94.7 Å². The molecule has 4 aromatic rings. The number of anilines is 2. The van der Waals surface area contributed by atoms with E-state index in [4.69, 9.17) is 24.4 Å². The Morgan fingerprint density at radius 2 is 0.940 bits per heavy atom. The van der Waals surface area contributed by atoms with Gasteiger partial charge in [-0.1, -0.05) is 121 Å². The minimum atomic E-state index is -0.271. The van der Waals surface area contributed by atoms with Gasteiger partial charge in [0.15, 0.2) is 0 Å². The summed E-state index contributed by atoms with van der Waals surface area (Å²) >= 11 is 13.3. The molecule has 0 unspecified atom stereocenters. The van der Waals surface area contributed by atoms with Crippen molar-refractivity contribution in [2.45, 2.75) is 51.4 Å². The van der Waals surface area contributed by atoms with E-state index in [2.05, 4.69) is 10.6 Å². The highest BCUT2D eigenvalue weighted by molar-refractivity contribution is 8.29. The standard InChI is InChI=1S/C38H36N4O4S4/c43-31(39-29-19-17-25-11-5-7-13-27(25)23-29)15-3-1-9-21-41-35(45)33(49-37(41)47)34-36(46)42(38(48)50-34)22-10-2-4-16-32(44)40-30-20-18-26-12-6-8-14-28(26)24-30/h5-8,11-14,17-20,23-24H,1-4,9-10,15-16,21-22H2,(H,39,43)(H,40,44). The maximum absolute atomic E-state index is 13.3. The van der Waals surface area contributed by atoms with Crippen LogP contribution in [0.1, 0.15) is 51.4 Å². The molecule has 0 aliphatic carbocycles. The van der Waals surface area contributed by atoms with Crippen molar-refractivity contribution in [3.63, 3.8) is 0 Å². The number of thiocarbonyl (C=S) groups is 2. The van der Waals surface area contributed by atoms with E-state index in [-0.39, 0.29) is 23.6 Å². The quantitative estimate of drug-likeness (QED) is 0.0754. The minimum Gasteiger partial charge on any atom is -0.326 e. The summed E-state index contributed by atoms with van der Waals surface area (Å²) in [4.78, 5) is 55.4. The summed E-state index contributed by atoms with van der Waals surface area (Å²) in [7, 11) is 0. The first kappa shape index (κ1) is 35.7. The van der Waals surface area contributed by atoms with Gasteiger partial charge in [0.1, 0.15) is 8.64 Å². The van der Waals surface area contributed by atoms with Gasteiger partial charge < -0.3 is 10.6 Å². The van der Waals surface area contributed by atoms with Crippen LogP contribution in [0.2, 0.25) is 0 Å². The predicted molar refractivity (Wildman–Crippen MR) is 213 cm³/mol. The summed E-state index contributed by atoms with van der Waals surface area (Å²) in [6.07, 6.45) is 5.01. The normalized spacial score (nSPS) is 16.2. The Hall–Kier alpha value is -4.10. The molecule has 2 aliphatic heterocycles. The van der Waals surface area contributed by atoms with Gasteiger partial charge in [-0.3, -0.25) is 29.0 Å². The number of carbonyl (C=O) groups excluding carboxylic acids is 4. The number of nitrogens with one attached hydrogen (secondary N) is 2. The van der Waals surface area contributed by atoms with Crippen LogP contribution < -0.4 is 10.6 Å². The Bertz CT molecular complexity index is 1890. The molecule has 4 amide bonds. The molecule has 2 fully saturated rings. The summed E-state index contributed by atoms with van der Waals surface area (Å²) in [5.74, 6) is -0.635. The SMILES string of the molecule is O=C(CCCCCN1C(=O)C(=C2SC(=S)N(CCCCCC(=O)Nc3ccc4ccccc4c3)C2=O)SC1=S)Nc1ccc2ccccc2c1. The van der Waals surface area contributed by atoms with E-state index in [1.54, 1.807) is 9.80 Å². The van der Waals surface area contributed by atoms with E-state index in [0.29, 0.717) is 70.1 Å². The molecular formula is C38H36N4O4S4. The highest BCUT2D eigenvalue weighted by Crippen LogP contribution is 2.42. The van der Waals surface area contributed by atoms with Crippen molar-refractivity contribution in [3.05, 3.63) is 94.7 Å². The smallest absolute Gasteiger partial charge is 0.267 e. The molecule has 50 heavy (non-hydrogen) atoms. The maximum Gasteiger partial charge on any atom is 0.267 e. The average molecular weight is 741 g/mol. The third-order valence-electron chi connectivity index (χ3n) is 8.54. The van der Waals surface area contributed by atoms with Gasteiger partial charge in [-0.15, -0.1) is 0 Å². The number of carbonyl (C=O) groups is 4. The van der Waals surface area contributed by atoms with Crippen LogP contribution in [-0.4, -0.2) is 55.2 Å². The summed E-state index contributed by atoms with van der Waals surface area (Å²) in [5, 5.41) is 10.3. The topological polar surface area (TPSA) is 98.8 Å². The van der Waals surface area contributed by atoms with Crippen LogP contribution in [0.5, 0.6) is 0 Å². The van der Waals surface area contributed by atoms with E-state index in [1.165, 1.54) is 0 Å². The third-order valence-corrected chi connectivity index (χ3v) is 11.6. The second-order valence-electron chi connectivity index (χ2n) is 12.1. The van der Waals surface area contributed by atoms with Crippen LogP contribution in [0, 0.1) is 0 Å². The summed E-state index contributed by atoms with van der Waals surface area (Å²) in [6, 6.07) is 27.7. The van der Waals surface area contributed by atoms with Crippen molar-refractivity contribution in [3.8, 4) is 0 Å². The number of fused-ring (bicyclic) bond motifs is 2. The van der Waals surface area contributed by atoms with Gasteiger partial charge in [0.05, 0.1) is 9.81 Å². The Labute approximate surface area is 310 Å². The fraction of sp³-hybridized carbons (Fsp3) is 0.263. The van der Waals surface area contributed by atoms with Crippen molar-refractivity contribution in [2.75, 3.05) is 23.7 Å². The third kappa shape index (κ3) is 8.79. The summed E-state index contributed by atoms with van der Waals surface area (Å²) < 4.78 is 0.845. The fourth-order valence-corrected chi connectivity index (χ4v) is 8.67. The van der Waals surface area contributed by atoms with Crippen molar-refractivity contribution in [1.29, 1.82) is 0 Å². The zero-order valence-electron chi connectivity index (χ0n) is 27.3. The van der Waals surface area contributed by atoms with Crippen LogP contribution in [0.4, 0.5) is 11.4 Å². The molecule has 2 N–H and O–H groups in total. The van der Waals surface area contributed by atoms with Crippen molar-refractivity contribution in [2.24, 2.45) is 0 Å². The van der Waals surface area contributed by atoms with Crippen LogP contribution in [0.3, 0.4) is 0 Å². The molecule has 0 atom stereocenters. The lowest BCUT2D eigenvalue weighted by Gasteiger charge is -2.14. The molecule has 0 radical (unpaired) electrons. The first-order valence-corrected chi connectivity index (χ1v) is 19.1. The van der Waals surface area contributed by atoms with E-state index in [1.807, 2.05) is 84.9 Å². The molecule has 6 rings (SSSR count). The Balaban J connectivity index is 0.900. The van der Waals surface area contributed by atoms with Gasteiger partial charge in [-0.05, 0) is 71.5 Å². The molecule has 256 valence electrons. The lowest BCUT2D eigenvalue weighted by molar-refractivity contribution is -0.124. The number of nitrogens with zero attached hydrogens (tertiary/aromatic N) is 2. The Morgan fingerprint density at radius 1 is 0.540 bits per heavy atom. The van der Waals surface area contributed by atoms with E-state index < -0.39 is 0 Å². The maximum atomic E-state index is 13.3. The molecule has 0 bridgehead atoms. The van der Waals surface area contributed by atoms with Crippen LogP contribution in [-0.2, 0) is 19.2 Å². The van der Waals surface area contributed by atoms with E-state index in [0.717, 1.165) is 69.3 Å².